The van der Waals surface area contributed by atoms with E-state index in [0.717, 1.165) is 12.0 Å². The van der Waals surface area contributed by atoms with Gasteiger partial charge in [0.15, 0.2) is 6.61 Å². The first kappa shape index (κ1) is 25.4. The van der Waals surface area contributed by atoms with E-state index in [2.05, 4.69) is 17.0 Å². The maximum Gasteiger partial charge on any atom is 0.307 e. The summed E-state index contributed by atoms with van der Waals surface area (Å²) in [5.41, 5.74) is 2.16. The summed E-state index contributed by atoms with van der Waals surface area (Å²) in [6.45, 7) is 5.66. The van der Waals surface area contributed by atoms with Crippen molar-refractivity contribution in [1.82, 2.24) is 10.0 Å². The minimum absolute atomic E-state index is 0.0645. The molecule has 0 saturated heterocycles. The molecular formula is C23H30N2O6S. The second-order valence-electron chi connectivity index (χ2n) is 7.10. The molecule has 0 saturated carbocycles. The minimum Gasteiger partial charge on any atom is -0.494 e. The summed E-state index contributed by atoms with van der Waals surface area (Å²) in [4.78, 5) is 24.0. The van der Waals surface area contributed by atoms with Crippen molar-refractivity contribution in [2.75, 3.05) is 19.8 Å². The molecule has 0 fully saturated rings. The van der Waals surface area contributed by atoms with E-state index in [-0.39, 0.29) is 23.9 Å². The third-order valence-electron chi connectivity index (χ3n) is 4.70. The molecule has 2 aromatic rings. The zero-order valence-electron chi connectivity index (χ0n) is 18.6. The van der Waals surface area contributed by atoms with Gasteiger partial charge in [-0.15, -0.1) is 0 Å². The number of rotatable bonds is 12. The van der Waals surface area contributed by atoms with E-state index in [1.807, 2.05) is 38.1 Å². The number of carbonyl (C=O) groups excluding carboxylic acids is 2. The minimum atomic E-state index is -3.76. The lowest BCUT2D eigenvalue weighted by Gasteiger charge is -2.15. The van der Waals surface area contributed by atoms with Crippen LogP contribution in [0.2, 0.25) is 0 Å². The number of nitrogens with one attached hydrogen (secondary N) is 2. The number of esters is 1. The molecule has 8 nitrogen and oxygen atoms in total. The molecule has 32 heavy (non-hydrogen) atoms. The van der Waals surface area contributed by atoms with E-state index >= 15 is 0 Å². The van der Waals surface area contributed by atoms with Crippen LogP contribution in [0, 0.1) is 0 Å². The Morgan fingerprint density at radius 3 is 2.25 bits per heavy atom. The lowest BCUT2D eigenvalue weighted by molar-refractivity contribution is -0.148. The van der Waals surface area contributed by atoms with Crippen molar-refractivity contribution >= 4 is 21.9 Å². The molecule has 1 unspecified atom stereocenters. The van der Waals surface area contributed by atoms with Gasteiger partial charge in [0.2, 0.25) is 10.0 Å². The Kier molecular flexibility index (Phi) is 9.67. The molecule has 9 heteroatoms. The normalized spacial score (nSPS) is 12.1. The molecule has 0 aliphatic rings. The highest BCUT2D eigenvalue weighted by molar-refractivity contribution is 7.89. The number of aryl methyl sites for hydroxylation is 1. The number of carbonyl (C=O) groups is 2. The van der Waals surface area contributed by atoms with Gasteiger partial charge in [0.05, 0.1) is 24.0 Å². The van der Waals surface area contributed by atoms with E-state index in [1.165, 1.54) is 17.7 Å². The zero-order valence-corrected chi connectivity index (χ0v) is 19.4. The lowest BCUT2D eigenvalue weighted by Crippen LogP contribution is -2.32. The Balaban J connectivity index is 1.72. The largest absolute Gasteiger partial charge is 0.494 e. The Labute approximate surface area is 189 Å². The summed E-state index contributed by atoms with van der Waals surface area (Å²) >= 11 is 0. The van der Waals surface area contributed by atoms with Crippen molar-refractivity contribution in [3.63, 3.8) is 0 Å². The molecule has 2 aromatic carbocycles. The van der Waals surface area contributed by atoms with Crippen molar-refractivity contribution < 1.29 is 27.5 Å². The zero-order chi connectivity index (χ0) is 23.6. The summed E-state index contributed by atoms with van der Waals surface area (Å²) < 4.78 is 37.1. The van der Waals surface area contributed by atoms with Crippen molar-refractivity contribution in [3.8, 4) is 5.75 Å². The second kappa shape index (κ2) is 12.2. The first-order valence-electron chi connectivity index (χ1n) is 10.5. The van der Waals surface area contributed by atoms with Crippen LogP contribution in [-0.2, 0) is 30.8 Å². The summed E-state index contributed by atoms with van der Waals surface area (Å²) in [6, 6.07) is 13.7. The fourth-order valence-corrected chi connectivity index (χ4v) is 3.91. The maximum absolute atomic E-state index is 12.3. The Morgan fingerprint density at radius 2 is 1.66 bits per heavy atom. The van der Waals surface area contributed by atoms with Gasteiger partial charge in [0.1, 0.15) is 5.75 Å². The van der Waals surface area contributed by atoms with Gasteiger partial charge in [-0.2, -0.15) is 0 Å². The number of benzene rings is 2. The number of hydrogen-bond acceptors (Lipinski definition) is 6. The van der Waals surface area contributed by atoms with Gasteiger partial charge in [0.25, 0.3) is 5.91 Å². The smallest absolute Gasteiger partial charge is 0.307 e. The third kappa shape index (κ3) is 7.97. The summed E-state index contributed by atoms with van der Waals surface area (Å²) in [5, 5.41) is 2.77. The van der Waals surface area contributed by atoms with Crippen LogP contribution in [0.1, 0.15) is 44.4 Å². The number of sulfonamides is 1. The first-order chi connectivity index (χ1) is 15.2. The summed E-state index contributed by atoms with van der Waals surface area (Å²) in [6.07, 6.45) is 0.741. The first-order valence-corrected chi connectivity index (χ1v) is 12.0. The van der Waals surface area contributed by atoms with Crippen LogP contribution in [0.3, 0.4) is 0 Å². The van der Waals surface area contributed by atoms with Gasteiger partial charge in [-0.3, -0.25) is 9.59 Å². The lowest BCUT2D eigenvalue weighted by atomic mass is 10.1. The molecule has 2 N–H and O–H groups in total. The number of ether oxygens (including phenoxy) is 2. The van der Waals surface area contributed by atoms with Crippen LogP contribution in [0.25, 0.3) is 0 Å². The Bertz CT molecular complexity index is 988. The van der Waals surface area contributed by atoms with Gasteiger partial charge in [0, 0.05) is 6.54 Å². The molecule has 2 rings (SSSR count). The molecular weight excluding hydrogens is 432 g/mol. The molecule has 0 heterocycles. The molecule has 174 valence electrons. The van der Waals surface area contributed by atoms with Crippen LogP contribution in [0.5, 0.6) is 5.75 Å². The van der Waals surface area contributed by atoms with E-state index in [0.29, 0.717) is 12.4 Å². The van der Waals surface area contributed by atoms with Crippen molar-refractivity contribution in [3.05, 3.63) is 59.7 Å². The van der Waals surface area contributed by atoms with Crippen LogP contribution < -0.4 is 14.8 Å². The molecule has 1 atom stereocenters. The second-order valence-corrected chi connectivity index (χ2v) is 8.86. The fraction of sp³-hybridized carbons (Fsp3) is 0.391. The predicted octanol–water partition coefficient (Wildman–Crippen LogP) is 2.74. The monoisotopic (exact) mass is 462 g/mol. The van der Waals surface area contributed by atoms with Gasteiger partial charge in [-0.1, -0.05) is 31.2 Å². The molecule has 1 amide bonds. The SMILES string of the molecule is CCOc1ccc(S(=O)(=O)NCCC(=O)OCC(=O)NC(C)c2ccc(CC)cc2)cc1. The molecule has 0 radical (unpaired) electrons. The average Bonchev–Trinajstić information content (AvgIpc) is 2.78. The Morgan fingerprint density at radius 1 is 1.00 bits per heavy atom. The average molecular weight is 463 g/mol. The number of amides is 1. The van der Waals surface area contributed by atoms with Crippen molar-refractivity contribution in [2.45, 2.75) is 44.6 Å². The number of hydrogen-bond donors (Lipinski definition) is 2. The molecule has 0 aliphatic heterocycles. The highest BCUT2D eigenvalue weighted by atomic mass is 32.2. The van der Waals surface area contributed by atoms with E-state index in [9.17, 15) is 18.0 Å². The van der Waals surface area contributed by atoms with E-state index in [1.54, 1.807) is 12.1 Å². The maximum atomic E-state index is 12.3. The van der Waals surface area contributed by atoms with Crippen molar-refractivity contribution in [2.24, 2.45) is 0 Å². The van der Waals surface area contributed by atoms with Gasteiger partial charge < -0.3 is 14.8 Å². The highest BCUT2D eigenvalue weighted by Crippen LogP contribution is 2.16. The predicted molar refractivity (Wildman–Crippen MR) is 121 cm³/mol. The third-order valence-corrected chi connectivity index (χ3v) is 6.17. The van der Waals surface area contributed by atoms with E-state index in [4.69, 9.17) is 9.47 Å². The summed E-state index contributed by atoms with van der Waals surface area (Å²) in [5.74, 6) is -0.532. The van der Waals surface area contributed by atoms with E-state index < -0.39 is 28.5 Å². The highest BCUT2D eigenvalue weighted by Gasteiger charge is 2.16. The topological polar surface area (TPSA) is 111 Å². The van der Waals surface area contributed by atoms with Crippen LogP contribution in [-0.4, -0.2) is 40.1 Å². The van der Waals surface area contributed by atoms with Crippen LogP contribution in [0.4, 0.5) is 0 Å². The fourth-order valence-electron chi connectivity index (χ4n) is 2.88. The van der Waals surface area contributed by atoms with Crippen LogP contribution in [0.15, 0.2) is 53.4 Å². The molecule has 0 bridgehead atoms. The Hall–Kier alpha value is -2.91. The summed E-state index contributed by atoms with van der Waals surface area (Å²) in [7, 11) is -3.76. The quantitative estimate of drug-likeness (QED) is 0.469. The van der Waals surface area contributed by atoms with Gasteiger partial charge in [-0.25, -0.2) is 13.1 Å². The van der Waals surface area contributed by atoms with Gasteiger partial charge in [-0.05, 0) is 55.7 Å². The standard InChI is InChI=1S/C23H30N2O6S/c1-4-18-6-8-19(9-7-18)17(3)25-22(26)16-31-23(27)14-15-24-32(28,29)21-12-10-20(11-13-21)30-5-2/h6-13,17,24H,4-5,14-16H2,1-3H3,(H,25,26). The van der Waals surface area contributed by atoms with Gasteiger partial charge >= 0.3 is 5.97 Å². The molecule has 0 aliphatic carbocycles. The molecule has 0 aromatic heterocycles. The molecule has 0 spiro atoms. The van der Waals surface area contributed by atoms with Crippen molar-refractivity contribution in [1.29, 1.82) is 0 Å². The van der Waals surface area contributed by atoms with Crippen LogP contribution >= 0.6 is 0 Å².